The zero-order chi connectivity index (χ0) is 26.1. The lowest BCUT2D eigenvalue weighted by molar-refractivity contribution is -0.141. The number of hydrogen-bond donors (Lipinski definition) is 1. The van der Waals surface area contributed by atoms with Gasteiger partial charge in [-0.1, -0.05) is 0 Å². The summed E-state index contributed by atoms with van der Waals surface area (Å²) in [5.74, 6) is 0.254. The number of fused-ring (bicyclic) bond motifs is 3. The summed E-state index contributed by atoms with van der Waals surface area (Å²) >= 11 is 0. The van der Waals surface area contributed by atoms with E-state index < -0.39 is 24.5 Å². The molecule has 3 aromatic rings. The SMILES string of the molecule is CN1C2CCC1[C@H](F)[C@H](N(c1ccc(-c3cc4ncn(CC(F)(F)F)c(=O)c4cc3O)nn1)C1CC1)C2. The second-order valence-corrected chi connectivity index (χ2v) is 10.3. The molecule has 2 saturated heterocycles. The van der Waals surface area contributed by atoms with Gasteiger partial charge in [-0.05, 0) is 63.4 Å². The summed E-state index contributed by atoms with van der Waals surface area (Å²) in [5, 5.41) is 19.1. The van der Waals surface area contributed by atoms with Crippen LogP contribution in [-0.2, 0) is 6.54 Å². The number of hydrogen-bond acceptors (Lipinski definition) is 7. The molecular weight excluding hydrogens is 492 g/mol. The van der Waals surface area contributed by atoms with E-state index in [0.717, 1.165) is 44.5 Å². The summed E-state index contributed by atoms with van der Waals surface area (Å²) in [7, 11) is 2.00. The molecule has 3 aliphatic rings. The van der Waals surface area contributed by atoms with E-state index in [1.165, 1.54) is 6.07 Å². The number of nitrogens with zero attached hydrogens (tertiary/aromatic N) is 6. The van der Waals surface area contributed by atoms with Gasteiger partial charge < -0.3 is 10.0 Å². The Balaban J connectivity index is 1.30. The fourth-order valence-electron chi connectivity index (χ4n) is 5.93. The molecule has 196 valence electrons. The third-order valence-corrected chi connectivity index (χ3v) is 7.92. The van der Waals surface area contributed by atoms with Gasteiger partial charge in [0.1, 0.15) is 18.5 Å². The van der Waals surface area contributed by atoms with Crippen molar-refractivity contribution in [2.75, 3.05) is 11.9 Å². The average molecular weight is 519 g/mol. The lowest BCUT2D eigenvalue weighted by Gasteiger charge is -2.44. The fourth-order valence-corrected chi connectivity index (χ4v) is 5.93. The van der Waals surface area contributed by atoms with Crippen molar-refractivity contribution in [3.8, 4) is 17.0 Å². The maximum absolute atomic E-state index is 15.6. The number of aromatic nitrogens is 4. The predicted molar refractivity (Wildman–Crippen MR) is 128 cm³/mol. The van der Waals surface area contributed by atoms with E-state index in [-0.39, 0.29) is 40.3 Å². The van der Waals surface area contributed by atoms with Crippen LogP contribution in [0.25, 0.3) is 22.2 Å². The molecule has 2 bridgehead atoms. The van der Waals surface area contributed by atoms with Gasteiger partial charge in [0.2, 0.25) is 0 Å². The summed E-state index contributed by atoms with van der Waals surface area (Å²) in [6, 6.07) is 6.16. The highest BCUT2D eigenvalue weighted by atomic mass is 19.4. The topological polar surface area (TPSA) is 87.4 Å². The van der Waals surface area contributed by atoms with Gasteiger partial charge in [-0.25, -0.2) is 9.37 Å². The highest BCUT2D eigenvalue weighted by Crippen LogP contribution is 2.43. The minimum Gasteiger partial charge on any atom is -0.507 e. The Labute approximate surface area is 209 Å². The number of benzene rings is 1. The van der Waals surface area contributed by atoms with Crippen molar-refractivity contribution in [1.82, 2.24) is 24.6 Å². The number of halogens is 4. The zero-order valence-electron chi connectivity index (χ0n) is 20.1. The zero-order valence-corrected chi connectivity index (χ0v) is 20.1. The van der Waals surface area contributed by atoms with Crippen LogP contribution >= 0.6 is 0 Å². The molecule has 1 saturated carbocycles. The van der Waals surface area contributed by atoms with Crippen LogP contribution in [0.4, 0.5) is 23.4 Å². The first kappa shape index (κ1) is 24.1. The van der Waals surface area contributed by atoms with Crippen molar-refractivity contribution in [2.24, 2.45) is 0 Å². The van der Waals surface area contributed by atoms with Crippen LogP contribution in [0.2, 0.25) is 0 Å². The van der Waals surface area contributed by atoms with Crippen molar-refractivity contribution < 1.29 is 22.7 Å². The monoisotopic (exact) mass is 518 g/mol. The second-order valence-electron chi connectivity index (χ2n) is 10.3. The fraction of sp³-hybridized carbons (Fsp3) is 0.520. The molecule has 1 aromatic carbocycles. The average Bonchev–Trinajstić information content (AvgIpc) is 3.64. The molecule has 2 aromatic heterocycles. The number of anilines is 1. The number of phenolic OH excluding ortho intramolecular Hbond substituents is 1. The Morgan fingerprint density at radius 3 is 2.59 bits per heavy atom. The number of piperidine rings is 1. The molecule has 3 fully saturated rings. The van der Waals surface area contributed by atoms with E-state index in [0.29, 0.717) is 22.1 Å². The highest BCUT2D eigenvalue weighted by molar-refractivity contribution is 5.86. The molecule has 2 unspecified atom stereocenters. The number of phenols is 1. The van der Waals surface area contributed by atoms with Crippen molar-refractivity contribution in [1.29, 1.82) is 0 Å². The molecule has 12 heteroatoms. The summed E-state index contributed by atoms with van der Waals surface area (Å²) in [6.45, 7) is -1.47. The van der Waals surface area contributed by atoms with Crippen LogP contribution in [-0.4, -0.2) is 73.3 Å². The molecule has 0 amide bonds. The minimum absolute atomic E-state index is 0.0833. The molecule has 2 aliphatic heterocycles. The molecule has 1 aliphatic carbocycles. The maximum atomic E-state index is 15.6. The first-order valence-electron chi connectivity index (χ1n) is 12.4. The Morgan fingerprint density at radius 2 is 1.92 bits per heavy atom. The quantitative estimate of drug-likeness (QED) is 0.516. The summed E-state index contributed by atoms with van der Waals surface area (Å²) in [4.78, 5) is 20.7. The normalized spacial score (nSPS) is 26.1. The Hall–Kier alpha value is -3.28. The summed E-state index contributed by atoms with van der Waals surface area (Å²) < 4.78 is 54.3. The molecule has 6 rings (SSSR count). The van der Waals surface area contributed by atoms with Gasteiger partial charge in [-0.3, -0.25) is 14.3 Å². The molecule has 0 spiro atoms. The molecule has 0 radical (unpaired) electrons. The van der Waals surface area contributed by atoms with Crippen molar-refractivity contribution >= 4 is 16.7 Å². The van der Waals surface area contributed by atoms with Crippen LogP contribution < -0.4 is 10.5 Å². The lowest BCUT2D eigenvalue weighted by Crippen LogP contribution is -2.57. The summed E-state index contributed by atoms with van der Waals surface area (Å²) in [5.41, 5.74) is -0.228. The van der Waals surface area contributed by atoms with Gasteiger partial charge in [0.15, 0.2) is 5.82 Å². The first-order chi connectivity index (χ1) is 17.6. The van der Waals surface area contributed by atoms with E-state index in [1.807, 2.05) is 7.05 Å². The molecule has 4 atom stereocenters. The Kier molecular flexibility index (Phi) is 5.62. The van der Waals surface area contributed by atoms with Crippen LogP contribution in [0.1, 0.15) is 32.1 Å². The predicted octanol–water partition coefficient (Wildman–Crippen LogP) is 3.66. The largest absolute Gasteiger partial charge is 0.507 e. The van der Waals surface area contributed by atoms with Gasteiger partial charge in [-0.2, -0.15) is 13.2 Å². The van der Waals surface area contributed by atoms with Crippen LogP contribution in [0.5, 0.6) is 5.75 Å². The number of alkyl halides is 4. The van der Waals surface area contributed by atoms with E-state index in [2.05, 4.69) is 25.0 Å². The van der Waals surface area contributed by atoms with E-state index in [9.17, 15) is 23.1 Å². The summed E-state index contributed by atoms with van der Waals surface area (Å²) in [6.07, 6.45) is -0.191. The molecule has 4 heterocycles. The van der Waals surface area contributed by atoms with Gasteiger partial charge in [0.25, 0.3) is 5.56 Å². The van der Waals surface area contributed by atoms with Gasteiger partial charge >= 0.3 is 6.18 Å². The Morgan fingerprint density at radius 1 is 1.14 bits per heavy atom. The third-order valence-electron chi connectivity index (χ3n) is 7.92. The van der Waals surface area contributed by atoms with Crippen LogP contribution in [0, 0.1) is 0 Å². The second kappa shape index (κ2) is 8.64. The molecular formula is C25H26F4N6O2. The van der Waals surface area contributed by atoms with Crippen molar-refractivity contribution in [3.05, 3.63) is 40.9 Å². The van der Waals surface area contributed by atoms with Crippen LogP contribution in [0.15, 0.2) is 35.4 Å². The molecule has 37 heavy (non-hydrogen) atoms. The molecule has 1 N–H and O–H groups in total. The number of rotatable bonds is 5. The van der Waals surface area contributed by atoms with Gasteiger partial charge in [-0.15, -0.1) is 10.2 Å². The van der Waals surface area contributed by atoms with Crippen molar-refractivity contribution in [2.45, 2.75) is 75.2 Å². The van der Waals surface area contributed by atoms with Gasteiger partial charge in [0.05, 0.1) is 29.0 Å². The number of aromatic hydroxyl groups is 1. The maximum Gasteiger partial charge on any atom is 0.406 e. The van der Waals surface area contributed by atoms with Crippen LogP contribution in [0.3, 0.4) is 0 Å². The third kappa shape index (κ3) is 4.30. The van der Waals surface area contributed by atoms with E-state index >= 15 is 4.39 Å². The smallest absolute Gasteiger partial charge is 0.406 e. The lowest BCUT2D eigenvalue weighted by atomic mass is 9.94. The van der Waals surface area contributed by atoms with Crippen molar-refractivity contribution in [3.63, 3.8) is 0 Å². The minimum atomic E-state index is -4.58. The van der Waals surface area contributed by atoms with E-state index in [4.69, 9.17) is 0 Å². The Bertz CT molecular complexity index is 1390. The first-order valence-corrected chi connectivity index (χ1v) is 12.4. The van der Waals surface area contributed by atoms with Gasteiger partial charge in [0, 0.05) is 23.7 Å². The highest BCUT2D eigenvalue weighted by Gasteiger charge is 2.50. The van der Waals surface area contributed by atoms with E-state index in [1.54, 1.807) is 12.1 Å². The standard InChI is InChI=1S/C25H26F4N6O2/c1-33-14-4-6-19(33)23(26)20(8-14)35(13-2-3-13)22-7-5-17(31-32-22)15-9-18-16(10-21(15)36)24(37)34(12-30-18)11-25(27,28)29/h5,7,9-10,12-14,19-20,23,36H,2-4,6,8,11H2,1H3/t14?,19?,20-,23+/m1/s1. The molecule has 8 nitrogen and oxygen atoms in total.